The van der Waals surface area contributed by atoms with Crippen molar-refractivity contribution in [2.45, 2.75) is 6.92 Å². The van der Waals surface area contributed by atoms with Gasteiger partial charge in [0.25, 0.3) is 5.91 Å². The van der Waals surface area contributed by atoms with E-state index < -0.39 is 0 Å². The highest BCUT2D eigenvalue weighted by atomic mass is 16.2. The van der Waals surface area contributed by atoms with E-state index in [-0.39, 0.29) is 5.91 Å². The van der Waals surface area contributed by atoms with Crippen molar-refractivity contribution in [3.8, 4) is 0 Å². The molecule has 0 aliphatic heterocycles. The van der Waals surface area contributed by atoms with E-state index in [1.165, 1.54) is 0 Å². The molecule has 1 amide bonds. The van der Waals surface area contributed by atoms with E-state index >= 15 is 0 Å². The van der Waals surface area contributed by atoms with Crippen molar-refractivity contribution < 1.29 is 4.79 Å². The van der Waals surface area contributed by atoms with Gasteiger partial charge in [0, 0.05) is 26.8 Å². The molecule has 0 saturated heterocycles. The molecule has 0 unspecified atom stereocenters. The maximum atomic E-state index is 11.5. The smallest absolute Gasteiger partial charge is 0.271 e. The molecule has 1 heterocycles. The van der Waals surface area contributed by atoms with Gasteiger partial charge in [-0.2, -0.15) is 5.10 Å². The fourth-order valence-electron chi connectivity index (χ4n) is 0.923. The van der Waals surface area contributed by atoms with Crippen molar-refractivity contribution in [1.29, 1.82) is 0 Å². The predicted molar refractivity (Wildman–Crippen MR) is 45.8 cm³/mol. The summed E-state index contributed by atoms with van der Waals surface area (Å²) in [6.07, 6.45) is 1.62. The Kier molecular flexibility index (Phi) is 2.47. The van der Waals surface area contributed by atoms with E-state index in [0.717, 1.165) is 0 Å². The molecule has 66 valence electrons. The van der Waals surface area contributed by atoms with Crippen LogP contribution in [0.1, 0.15) is 17.4 Å². The van der Waals surface area contributed by atoms with Crippen LogP contribution in [0, 0.1) is 0 Å². The quantitative estimate of drug-likeness (QED) is 0.643. The Morgan fingerprint density at radius 3 is 2.83 bits per heavy atom. The molecule has 0 saturated carbocycles. The second-order valence-corrected chi connectivity index (χ2v) is 2.66. The van der Waals surface area contributed by atoms with Crippen molar-refractivity contribution in [3.05, 3.63) is 18.0 Å². The van der Waals surface area contributed by atoms with E-state index in [2.05, 4.69) is 5.10 Å². The molecule has 0 aliphatic rings. The van der Waals surface area contributed by atoms with E-state index in [1.807, 2.05) is 6.92 Å². The van der Waals surface area contributed by atoms with Gasteiger partial charge in [-0.3, -0.25) is 9.48 Å². The summed E-state index contributed by atoms with van der Waals surface area (Å²) in [7, 11) is 3.53. The number of hydrogen-bond donors (Lipinski definition) is 0. The third-order valence-electron chi connectivity index (χ3n) is 1.86. The number of nitrogens with zero attached hydrogens (tertiary/aromatic N) is 3. The first-order valence-electron chi connectivity index (χ1n) is 3.90. The van der Waals surface area contributed by atoms with Gasteiger partial charge in [-0.25, -0.2) is 0 Å². The zero-order chi connectivity index (χ0) is 9.14. The summed E-state index contributed by atoms with van der Waals surface area (Å²) in [6.45, 7) is 2.65. The molecule has 0 N–H and O–H groups in total. The summed E-state index contributed by atoms with van der Waals surface area (Å²) in [5, 5.41) is 3.92. The number of aromatic nitrogens is 2. The van der Waals surface area contributed by atoms with Crippen LogP contribution in [0.3, 0.4) is 0 Å². The lowest BCUT2D eigenvalue weighted by atomic mass is 10.4. The topological polar surface area (TPSA) is 38.1 Å². The van der Waals surface area contributed by atoms with Crippen LogP contribution < -0.4 is 0 Å². The van der Waals surface area contributed by atoms with Gasteiger partial charge in [0.1, 0.15) is 5.69 Å². The highest BCUT2D eigenvalue weighted by Gasteiger charge is 2.12. The summed E-state index contributed by atoms with van der Waals surface area (Å²) < 4.78 is 1.58. The summed E-state index contributed by atoms with van der Waals surface area (Å²) in [5.41, 5.74) is 0.624. The van der Waals surface area contributed by atoms with Gasteiger partial charge in [-0.1, -0.05) is 0 Å². The predicted octanol–water partition coefficient (Wildman–Crippen LogP) is 0.512. The van der Waals surface area contributed by atoms with Gasteiger partial charge in [0.05, 0.1) is 0 Å². The highest BCUT2D eigenvalue weighted by molar-refractivity contribution is 5.92. The Morgan fingerprint density at radius 2 is 2.42 bits per heavy atom. The van der Waals surface area contributed by atoms with Crippen molar-refractivity contribution in [1.82, 2.24) is 14.7 Å². The lowest BCUT2D eigenvalue weighted by Gasteiger charge is -2.13. The third kappa shape index (κ3) is 1.47. The number of carbonyl (C=O) groups excluding carboxylic acids is 1. The van der Waals surface area contributed by atoms with Crippen molar-refractivity contribution in [2.24, 2.45) is 7.05 Å². The SMILES string of the molecule is CCN(C)C(=O)c1ccnn1C. The minimum atomic E-state index is 0.0116. The molecule has 0 aromatic carbocycles. The lowest BCUT2D eigenvalue weighted by molar-refractivity contribution is 0.0791. The largest absolute Gasteiger partial charge is 0.341 e. The van der Waals surface area contributed by atoms with E-state index in [1.54, 1.807) is 35.9 Å². The normalized spacial score (nSPS) is 9.92. The zero-order valence-electron chi connectivity index (χ0n) is 7.61. The number of aryl methyl sites for hydroxylation is 1. The molecule has 1 rings (SSSR count). The fourth-order valence-corrected chi connectivity index (χ4v) is 0.923. The summed E-state index contributed by atoms with van der Waals surface area (Å²) in [6, 6.07) is 1.72. The highest BCUT2D eigenvalue weighted by Crippen LogP contribution is 2.00. The Hall–Kier alpha value is -1.32. The molecule has 0 radical (unpaired) electrons. The van der Waals surface area contributed by atoms with Crippen LogP contribution >= 0.6 is 0 Å². The average Bonchev–Trinajstić information content (AvgIpc) is 2.48. The molecule has 0 atom stereocenters. The summed E-state index contributed by atoms with van der Waals surface area (Å²) in [4.78, 5) is 13.2. The molecule has 1 aromatic rings. The van der Waals surface area contributed by atoms with Gasteiger partial charge in [0.15, 0.2) is 0 Å². The zero-order valence-corrected chi connectivity index (χ0v) is 7.61. The summed E-state index contributed by atoms with van der Waals surface area (Å²) in [5.74, 6) is 0.0116. The summed E-state index contributed by atoms with van der Waals surface area (Å²) >= 11 is 0. The first-order chi connectivity index (χ1) is 5.66. The van der Waals surface area contributed by atoms with Gasteiger partial charge >= 0.3 is 0 Å². The van der Waals surface area contributed by atoms with Gasteiger partial charge in [0.2, 0.25) is 0 Å². The first kappa shape index (κ1) is 8.77. The standard InChI is InChI=1S/C8H13N3O/c1-4-10(2)8(12)7-5-6-9-11(7)3/h5-6H,4H2,1-3H3. The van der Waals surface area contributed by atoms with Crippen LogP contribution in [0.4, 0.5) is 0 Å². The Bertz CT molecular complexity index is 280. The van der Waals surface area contributed by atoms with Crippen molar-refractivity contribution in [2.75, 3.05) is 13.6 Å². The second-order valence-electron chi connectivity index (χ2n) is 2.66. The lowest BCUT2D eigenvalue weighted by Crippen LogP contribution is -2.28. The fraction of sp³-hybridized carbons (Fsp3) is 0.500. The minimum absolute atomic E-state index is 0.0116. The molecule has 1 aromatic heterocycles. The number of amides is 1. The van der Waals surface area contributed by atoms with Crippen LogP contribution in [0.5, 0.6) is 0 Å². The minimum Gasteiger partial charge on any atom is -0.341 e. The van der Waals surface area contributed by atoms with Crippen LogP contribution in [0.15, 0.2) is 12.3 Å². The molecule has 0 fully saturated rings. The number of hydrogen-bond acceptors (Lipinski definition) is 2. The number of rotatable bonds is 2. The maximum absolute atomic E-state index is 11.5. The molecular weight excluding hydrogens is 154 g/mol. The van der Waals surface area contributed by atoms with Gasteiger partial charge in [-0.05, 0) is 13.0 Å². The number of carbonyl (C=O) groups is 1. The first-order valence-corrected chi connectivity index (χ1v) is 3.90. The van der Waals surface area contributed by atoms with Crippen molar-refractivity contribution in [3.63, 3.8) is 0 Å². The maximum Gasteiger partial charge on any atom is 0.271 e. The molecule has 0 bridgehead atoms. The Balaban J connectivity index is 2.85. The molecule has 4 heteroatoms. The van der Waals surface area contributed by atoms with E-state index in [9.17, 15) is 4.79 Å². The second kappa shape index (κ2) is 3.38. The van der Waals surface area contributed by atoms with E-state index in [4.69, 9.17) is 0 Å². The third-order valence-corrected chi connectivity index (χ3v) is 1.86. The average molecular weight is 167 g/mol. The Labute approximate surface area is 71.8 Å². The molecule has 4 nitrogen and oxygen atoms in total. The van der Waals surface area contributed by atoms with Crippen LogP contribution in [-0.2, 0) is 7.05 Å². The molecule has 0 spiro atoms. The molecule has 0 aliphatic carbocycles. The van der Waals surface area contributed by atoms with Gasteiger partial charge in [-0.15, -0.1) is 0 Å². The monoisotopic (exact) mass is 167 g/mol. The van der Waals surface area contributed by atoms with Gasteiger partial charge < -0.3 is 4.90 Å². The van der Waals surface area contributed by atoms with Crippen LogP contribution in [0.25, 0.3) is 0 Å². The molecule has 12 heavy (non-hydrogen) atoms. The van der Waals surface area contributed by atoms with Crippen LogP contribution in [-0.4, -0.2) is 34.2 Å². The van der Waals surface area contributed by atoms with Crippen LogP contribution in [0.2, 0.25) is 0 Å². The van der Waals surface area contributed by atoms with E-state index in [0.29, 0.717) is 12.2 Å². The molecular formula is C8H13N3O. The Morgan fingerprint density at radius 1 is 1.75 bits per heavy atom. The van der Waals surface area contributed by atoms with Crippen molar-refractivity contribution >= 4 is 5.91 Å².